The number of benzene rings is 1. The molecule has 2 aromatic rings. The molecule has 20 heavy (non-hydrogen) atoms. The zero-order chi connectivity index (χ0) is 13.3. The molecule has 1 aromatic carbocycles. The summed E-state index contributed by atoms with van der Waals surface area (Å²) in [7, 11) is 0. The van der Waals surface area contributed by atoms with Crippen molar-refractivity contribution >= 4 is 24.0 Å². The Bertz CT molecular complexity index is 665. The van der Waals surface area contributed by atoms with Crippen molar-refractivity contribution in [2.75, 3.05) is 0 Å². The Morgan fingerprint density at radius 1 is 1.30 bits per heavy atom. The predicted octanol–water partition coefficient (Wildman–Crippen LogP) is 2.61. The maximum absolute atomic E-state index is 13.4. The Kier molecular flexibility index (Phi) is 2.87. The monoisotopic (exact) mass is 314 g/mol. The second-order valence-electron chi connectivity index (χ2n) is 5.79. The molecule has 0 radical (unpaired) electrons. The molecule has 1 heterocycles. The molecular formula is C13H13Cl2FN4. The summed E-state index contributed by atoms with van der Waals surface area (Å²) in [4.78, 5) is 1.44. The van der Waals surface area contributed by atoms with Crippen molar-refractivity contribution in [2.24, 2.45) is 5.73 Å². The molecule has 3 aliphatic rings. The summed E-state index contributed by atoms with van der Waals surface area (Å²) in [6.07, 6.45) is 4.69. The van der Waals surface area contributed by atoms with Crippen LogP contribution in [0.25, 0.3) is 5.69 Å². The van der Waals surface area contributed by atoms with E-state index in [0.29, 0.717) is 5.69 Å². The van der Waals surface area contributed by atoms with Gasteiger partial charge in [0.15, 0.2) is 0 Å². The molecule has 3 fully saturated rings. The fraction of sp³-hybridized carbons (Fsp3) is 0.385. The van der Waals surface area contributed by atoms with Crippen LogP contribution >= 0.6 is 24.0 Å². The fourth-order valence-electron chi connectivity index (χ4n) is 3.38. The van der Waals surface area contributed by atoms with Gasteiger partial charge in [0.25, 0.3) is 0 Å². The molecule has 5 rings (SSSR count). The molecule has 0 unspecified atom stereocenters. The van der Waals surface area contributed by atoms with Crippen molar-refractivity contribution in [2.45, 2.75) is 30.2 Å². The second kappa shape index (κ2) is 4.16. The number of halogens is 3. The van der Waals surface area contributed by atoms with Crippen LogP contribution in [0.5, 0.6) is 0 Å². The molecule has 3 saturated carbocycles. The third kappa shape index (κ3) is 1.77. The zero-order valence-corrected chi connectivity index (χ0v) is 12.1. The van der Waals surface area contributed by atoms with Gasteiger partial charge in [-0.1, -0.05) is 11.6 Å². The summed E-state index contributed by atoms with van der Waals surface area (Å²) >= 11 is 5.66. The van der Waals surface area contributed by atoms with Crippen molar-refractivity contribution in [3.05, 3.63) is 40.9 Å². The minimum Gasteiger partial charge on any atom is -0.325 e. The molecule has 2 bridgehead atoms. The number of aromatic nitrogens is 3. The summed E-state index contributed by atoms with van der Waals surface area (Å²) in [5, 5.41) is 8.76. The Hall–Kier alpha value is -1.17. The van der Waals surface area contributed by atoms with Gasteiger partial charge in [-0.2, -0.15) is 15.0 Å². The topological polar surface area (TPSA) is 56.7 Å². The molecule has 0 spiro atoms. The molecule has 2 N–H and O–H groups in total. The van der Waals surface area contributed by atoms with Crippen molar-refractivity contribution in [1.29, 1.82) is 0 Å². The predicted molar refractivity (Wildman–Crippen MR) is 76.0 cm³/mol. The molecule has 3 aliphatic carbocycles. The van der Waals surface area contributed by atoms with Gasteiger partial charge in [-0.25, -0.2) is 4.39 Å². The van der Waals surface area contributed by atoms with Crippen LogP contribution in [0.2, 0.25) is 5.02 Å². The van der Waals surface area contributed by atoms with Gasteiger partial charge in [-0.05, 0) is 31.4 Å². The van der Waals surface area contributed by atoms with E-state index in [1.54, 1.807) is 12.3 Å². The van der Waals surface area contributed by atoms with Gasteiger partial charge in [0, 0.05) is 17.0 Å². The van der Waals surface area contributed by atoms with Crippen LogP contribution in [0.15, 0.2) is 24.4 Å². The molecule has 4 nitrogen and oxygen atoms in total. The number of rotatable bonds is 2. The van der Waals surface area contributed by atoms with Crippen molar-refractivity contribution in [1.82, 2.24) is 15.0 Å². The lowest BCUT2D eigenvalue weighted by Gasteiger charge is -2.68. The maximum Gasteiger partial charge on any atom is 0.144 e. The van der Waals surface area contributed by atoms with E-state index >= 15 is 0 Å². The summed E-state index contributed by atoms with van der Waals surface area (Å²) in [6.45, 7) is 0. The summed E-state index contributed by atoms with van der Waals surface area (Å²) in [6, 6.07) is 4.53. The smallest absolute Gasteiger partial charge is 0.144 e. The number of nitrogens with two attached hydrogens (primary N) is 1. The Morgan fingerprint density at radius 3 is 2.60 bits per heavy atom. The maximum atomic E-state index is 13.4. The first-order chi connectivity index (χ1) is 9.00. The molecule has 0 saturated heterocycles. The van der Waals surface area contributed by atoms with E-state index in [4.69, 9.17) is 17.3 Å². The van der Waals surface area contributed by atoms with Crippen molar-refractivity contribution < 1.29 is 4.39 Å². The van der Waals surface area contributed by atoms with Crippen molar-refractivity contribution in [3.8, 4) is 5.69 Å². The third-order valence-electron chi connectivity index (χ3n) is 4.24. The van der Waals surface area contributed by atoms with E-state index in [9.17, 15) is 4.39 Å². The summed E-state index contributed by atoms with van der Waals surface area (Å²) in [5.41, 5.74) is 7.73. The molecule has 7 heteroatoms. The number of hydrogen-bond donors (Lipinski definition) is 1. The quantitative estimate of drug-likeness (QED) is 0.927. The van der Waals surface area contributed by atoms with E-state index in [1.807, 2.05) is 0 Å². The van der Waals surface area contributed by atoms with E-state index in [0.717, 1.165) is 25.0 Å². The lowest BCUT2D eigenvalue weighted by molar-refractivity contribution is -0.0622. The molecule has 0 aliphatic heterocycles. The van der Waals surface area contributed by atoms with Crippen LogP contribution in [0.4, 0.5) is 4.39 Å². The van der Waals surface area contributed by atoms with Gasteiger partial charge in [-0.3, -0.25) is 0 Å². The average molecular weight is 315 g/mol. The van der Waals surface area contributed by atoms with Gasteiger partial charge in [0.05, 0.1) is 22.6 Å². The first-order valence-electron chi connectivity index (χ1n) is 6.17. The minimum absolute atomic E-state index is 0. The van der Waals surface area contributed by atoms with Gasteiger partial charge in [0.1, 0.15) is 5.82 Å². The molecule has 106 valence electrons. The van der Waals surface area contributed by atoms with Gasteiger partial charge in [-0.15, -0.1) is 12.4 Å². The van der Waals surface area contributed by atoms with Gasteiger partial charge < -0.3 is 5.73 Å². The molecule has 0 atom stereocenters. The van der Waals surface area contributed by atoms with E-state index in [1.165, 1.54) is 16.9 Å². The molecule has 0 amide bonds. The van der Waals surface area contributed by atoms with Crippen LogP contribution in [-0.4, -0.2) is 20.5 Å². The largest absolute Gasteiger partial charge is 0.325 e. The highest BCUT2D eigenvalue weighted by molar-refractivity contribution is 6.30. The average Bonchev–Trinajstić information content (AvgIpc) is 2.77. The van der Waals surface area contributed by atoms with Crippen molar-refractivity contribution in [3.63, 3.8) is 0 Å². The molecule has 1 aromatic heterocycles. The minimum atomic E-state index is -0.468. The Balaban J connectivity index is 0.00000121. The highest BCUT2D eigenvalue weighted by Gasteiger charge is 2.67. The van der Waals surface area contributed by atoms with E-state index in [2.05, 4.69) is 10.2 Å². The highest BCUT2D eigenvalue weighted by atomic mass is 35.5. The normalized spacial score (nSPS) is 30.1. The van der Waals surface area contributed by atoms with Gasteiger partial charge in [0.2, 0.25) is 0 Å². The third-order valence-corrected chi connectivity index (χ3v) is 4.55. The lowest BCUT2D eigenvalue weighted by Crippen LogP contribution is -2.74. The number of hydrogen-bond acceptors (Lipinski definition) is 3. The van der Waals surface area contributed by atoms with E-state index < -0.39 is 5.82 Å². The number of nitrogens with zero attached hydrogens (tertiary/aromatic N) is 3. The second-order valence-corrected chi connectivity index (χ2v) is 6.20. The lowest BCUT2D eigenvalue weighted by atomic mass is 9.39. The Labute approximate surface area is 126 Å². The standard InChI is InChI=1S/C13H12ClFN4.ClH/c14-9-2-1-8(3-10(9)15)19-17-4-11(18-19)12-5-13(16,6-12)7-12;/h1-4H,5-7,16H2;1H. The Morgan fingerprint density at radius 2 is 2.00 bits per heavy atom. The van der Waals surface area contributed by atoms with Crippen LogP contribution in [0.1, 0.15) is 25.0 Å². The summed E-state index contributed by atoms with van der Waals surface area (Å²) < 4.78 is 13.4. The van der Waals surface area contributed by atoms with Gasteiger partial charge >= 0.3 is 0 Å². The summed E-state index contributed by atoms with van der Waals surface area (Å²) in [5.74, 6) is -0.468. The van der Waals surface area contributed by atoms with Crippen LogP contribution in [0.3, 0.4) is 0 Å². The first kappa shape index (κ1) is 13.8. The molecular weight excluding hydrogens is 302 g/mol. The van der Waals surface area contributed by atoms with Crippen LogP contribution < -0.4 is 5.73 Å². The van der Waals surface area contributed by atoms with E-state index in [-0.39, 0.29) is 28.4 Å². The van der Waals surface area contributed by atoms with Crippen LogP contribution in [-0.2, 0) is 5.41 Å². The fourth-order valence-corrected chi connectivity index (χ4v) is 3.50. The SMILES string of the molecule is Cl.NC12CC(c3cnn(-c4ccc(Cl)c(F)c4)n3)(C1)C2. The van der Waals surface area contributed by atoms with Crippen LogP contribution in [0, 0.1) is 5.82 Å². The highest BCUT2D eigenvalue weighted by Crippen LogP contribution is 2.65. The first-order valence-corrected chi connectivity index (χ1v) is 6.55. The zero-order valence-electron chi connectivity index (χ0n) is 10.5.